The van der Waals surface area contributed by atoms with Gasteiger partial charge in [0.25, 0.3) is 0 Å². The van der Waals surface area contributed by atoms with Gasteiger partial charge in [0.15, 0.2) is 0 Å². The smallest absolute Gasteiger partial charge is 0.240 e. The lowest BCUT2D eigenvalue weighted by molar-refractivity contribution is -0.141. The number of carbonyl (C=O) groups excluding carboxylic acids is 2. The number of halogens is 1. The van der Waals surface area contributed by atoms with Crippen molar-refractivity contribution in [2.24, 2.45) is 5.41 Å². The van der Waals surface area contributed by atoms with Crippen LogP contribution in [-0.2, 0) is 9.59 Å². The molecule has 0 saturated heterocycles. The first kappa shape index (κ1) is 14.5. The molecule has 0 heterocycles. The van der Waals surface area contributed by atoms with Gasteiger partial charge in [0, 0.05) is 18.8 Å². The van der Waals surface area contributed by atoms with E-state index >= 15 is 0 Å². The first-order valence-corrected chi connectivity index (χ1v) is 6.90. The lowest BCUT2D eigenvalue weighted by Gasteiger charge is -2.24. The zero-order chi connectivity index (χ0) is 14.8. The molecule has 0 radical (unpaired) electrons. The maximum absolute atomic E-state index is 12.8. The van der Waals surface area contributed by atoms with Gasteiger partial charge in [0.2, 0.25) is 11.8 Å². The fourth-order valence-electron chi connectivity index (χ4n) is 2.26. The molecule has 1 aromatic carbocycles. The van der Waals surface area contributed by atoms with Crippen LogP contribution in [0.5, 0.6) is 0 Å². The molecule has 1 aliphatic carbocycles. The fraction of sp³-hybridized carbons (Fsp3) is 0.467. The van der Waals surface area contributed by atoms with E-state index in [0.29, 0.717) is 31.6 Å². The third-order valence-corrected chi connectivity index (χ3v) is 3.75. The Hall–Kier alpha value is -1.91. The summed E-state index contributed by atoms with van der Waals surface area (Å²) < 4.78 is 12.8. The van der Waals surface area contributed by atoms with Crippen molar-refractivity contribution in [3.63, 3.8) is 0 Å². The van der Waals surface area contributed by atoms with Crippen LogP contribution < -0.4 is 5.32 Å². The number of anilines is 1. The Labute approximate surface area is 118 Å². The summed E-state index contributed by atoms with van der Waals surface area (Å²) in [6, 6.07) is 5.54. The molecule has 0 bridgehead atoms. The average Bonchev–Trinajstić information content (AvgIpc) is 3.24. The van der Waals surface area contributed by atoms with Gasteiger partial charge >= 0.3 is 0 Å². The number of amides is 2. The molecule has 1 aliphatic rings. The molecule has 20 heavy (non-hydrogen) atoms. The Morgan fingerprint density at radius 2 is 1.75 bits per heavy atom. The van der Waals surface area contributed by atoms with Crippen molar-refractivity contribution in [2.75, 3.05) is 18.4 Å². The Bertz CT molecular complexity index is 505. The standard InChI is InChI=1S/C15H19FN2O2/c1-3-18(4-2)14(20)15(9-10-15)13(19)17-12-7-5-11(16)6-8-12/h5-8H,3-4,9-10H2,1-2H3,(H,17,19). The molecular formula is C15H19FN2O2. The molecular weight excluding hydrogens is 259 g/mol. The van der Waals surface area contributed by atoms with Crippen LogP contribution in [0.2, 0.25) is 0 Å². The Morgan fingerprint density at radius 3 is 2.20 bits per heavy atom. The van der Waals surface area contributed by atoms with E-state index in [0.717, 1.165) is 0 Å². The van der Waals surface area contributed by atoms with E-state index in [-0.39, 0.29) is 17.6 Å². The van der Waals surface area contributed by atoms with Crippen LogP contribution in [0.3, 0.4) is 0 Å². The van der Waals surface area contributed by atoms with Crippen molar-refractivity contribution >= 4 is 17.5 Å². The highest BCUT2D eigenvalue weighted by Crippen LogP contribution is 2.48. The molecule has 5 heteroatoms. The second-order valence-electron chi connectivity index (χ2n) is 5.02. The van der Waals surface area contributed by atoms with Crippen LogP contribution in [0.25, 0.3) is 0 Å². The Balaban J connectivity index is 2.08. The van der Waals surface area contributed by atoms with Crippen LogP contribution in [0.4, 0.5) is 10.1 Å². The highest BCUT2D eigenvalue weighted by Gasteiger charge is 2.57. The van der Waals surface area contributed by atoms with Crippen molar-refractivity contribution in [3.8, 4) is 0 Å². The van der Waals surface area contributed by atoms with E-state index in [2.05, 4.69) is 5.32 Å². The highest BCUT2D eigenvalue weighted by molar-refractivity contribution is 6.13. The van der Waals surface area contributed by atoms with Crippen molar-refractivity contribution < 1.29 is 14.0 Å². The predicted octanol–water partition coefficient (Wildman–Crippen LogP) is 2.41. The van der Waals surface area contributed by atoms with Gasteiger partial charge in [0.1, 0.15) is 11.2 Å². The van der Waals surface area contributed by atoms with Crippen molar-refractivity contribution in [3.05, 3.63) is 30.1 Å². The lowest BCUT2D eigenvalue weighted by atomic mass is 10.0. The van der Waals surface area contributed by atoms with Crippen molar-refractivity contribution in [2.45, 2.75) is 26.7 Å². The maximum Gasteiger partial charge on any atom is 0.240 e. The predicted molar refractivity (Wildman–Crippen MR) is 74.6 cm³/mol. The zero-order valence-electron chi connectivity index (χ0n) is 11.8. The molecule has 2 rings (SSSR count). The summed E-state index contributed by atoms with van der Waals surface area (Å²) in [6.07, 6.45) is 1.16. The SMILES string of the molecule is CCN(CC)C(=O)C1(C(=O)Nc2ccc(F)cc2)CC1. The van der Waals surface area contributed by atoms with E-state index < -0.39 is 5.41 Å². The van der Waals surface area contributed by atoms with E-state index in [4.69, 9.17) is 0 Å². The summed E-state index contributed by atoms with van der Waals surface area (Å²) in [5.74, 6) is -0.758. The molecule has 0 unspecified atom stereocenters. The third-order valence-electron chi connectivity index (χ3n) is 3.75. The van der Waals surface area contributed by atoms with Gasteiger partial charge in [0.05, 0.1) is 0 Å². The molecule has 2 amide bonds. The molecule has 0 spiro atoms. The molecule has 1 N–H and O–H groups in total. The summed E-state index contributed by atoms with van der Waals surface area (Å²) >= 11 is 0. The van der Waals surface area contributed by atoms with Gasteiger partial charge in [-0.3, -0.25) is 9.59 Å². The Morgan fingerprint density at radius 1 is 1.20 bits per heavy atom. The molecule has 1 saturated carbocycles. The first-order valence-electron chi connectivity index (χ1n) is 6.90. The van der Waals surface area contributed by atoms with Crippen LogP contribution in [-0.4, -0.2) is 29.8 Å². The normalized spacial score (nSPS) is 15.6. The molecule has 4 nitrogen and oxygen atoms in total. The van der Waals surface area contributed by atoms with Crippen LogP contribution in [0.1, 0.15) is 26.7 Å². The molecule has 108 valence electrons. The van der Waals surface area contributed by atoms with Crippen molar-refractivity contribution in [1.82, 2.24) is 4.90 Å². The maximum atomic E-state index is 12.8. The number of benzene rings is 1. The van der Waals surface area contributed by atoms with E-state index in [1.54, 1.807) is 4.90 Å². The molecule has 1 aromatic rings. The number of hydrogen-bond acceptors (Lipinski definition) is 2. The first-order chi connectivity index (χ1) is 9.53. The molecule has 0 aromatic heterocycles. The van der Waals surface area contributed by atoms with Crippen LogP contribution in [0.15, 0.2) is 24.3 Å². The number of rotatable bonds is 5. The van der Waals surface area contributed by atoms with Crippen LogP contribution in [0, 0.1) is 11.2 Å². The average molecular weight is 278 g/mol. The monoisotopic (exact) mass is 278 g/mol. The van der Waals surface area contributed by atoms with Crippen molar-refractivity contribution in [1.29, 1.82) is 0 Å². The lowest BCUT2D eigenvalue weighted by Crippen LogP contribution is -2.42. The van der Waals surface area contributed by atoms with Gasteiger partial charge in [-0.1, -0.05) is 0 Å². The Kier molecular flexibility index (Phi) is 4.06. The molecule has 0 aliphatic heterocycles. The van der Waals surface area contributed by atoms with Gasteiger partial charge in [-0.2, -0.15) is 0 Å². The summed E-state index contributed by atoms with van der Waals surface area (Å²) in [4.78, 5) is 26.4. The van der Waals surface area contributed by atoms with Crippen LogP contribution >= 0.6 is 0 Å². The van der Waals surface area contributed by atoms with Gasteiger partial charge < -0.3 is 10.2 Å². The number of nitrogens with one attached hydrogen (secondary N) is 1. The minimum atomic E-state index is -0.916. The van der Waals surface area contributed by atoms with E-state index in [9.17, 15) is 14.0 Å². The zero-order valence-corrected chi connectivity index (χ0v) is 11.8. The topological polar surface area (TPSA) is 49.4 Å². The van der Waals surface area contributed by atoms with Gasteiger partial charge in [-0.05, 0) is 51.0 Å². The minimum Gasteiger partial charge on any atom is -0.342 e. The number of nitrogens with zero attached hydrogens (tertiary/aromatic N) is 1. The third kappa shape index (κ3) is 2.66. The largest absolute Gasteiger partial charge is 0.342 e. The number of carbonyl (C=O) groups is 2. The number of hydrogen-bond donors (Lipinski definition) is 1. The summed E-state index contributed by atoms with van der Waals surface area (Å²) in [5, 5.41) is 2.70. The second-order valence-corrected chi connectivity index (χ2v) is 5.02. The van der Waals surface area contributed by atoms with Gasteiger partial charge in [-0.15, -0.1) is 0 Å². The molecule has 1 fully saturated rings. The summed E-state index contributed by atoms with van der Waals surface area (Å²) in [7, 11) is 0. The van der Waals surface area contributed by atoms with E-state index in [1.807, 2.05) is 13.8 Å². The quantitative estimate of drug-likeness (QED) is 0.841. The highest BCUT2D eigenvalue weighted by atomic mass is 19.1. The fourth-order valence-corrected chi connectivity index (χ4v) is 2.26. The molecule has 0 atom stereocenters. The second kappa shape index (κ2) is 5.61. The minimum absolute atomic E-state index is 0.109. The summed E-state index contributed by atoms with van der Waals surface area (Å²) in [5.41, 5.74) is -0.407. The summed E-state index contributed by atoms with van der Waals surface area (Å²) in [6.45, 7) is 4.99. The van der Waals surface area contributed by atoms with E-state index in [1.165, 1.54) is 24.3 Å². The van der Waals surface area contributed by atoms with Gasteiger partial charge in [-0.25, -0.2) is 4.39 Å².